The SMILES string of the molecule is COC(=O)C(N)C(=O)c1csc2nc(C)ccc12. The first-order valence-corrected chi connectivity index (χ1v) is 6.15. The molecule has 0 fully saturated rings. The Morgan fingerprint density at radius 2 is 2.17 bits per heavy atom. The standard InChI is InChI=1S/C12H12N2O3S/c1-6-3-4-7-8(5-18-11(7)14-6)10(15)9(13)12(16)17-2/h3-5,9H,13H2,1-2H3. The van der Waals surface area contributed by atoms with E-state index in [2.05, 4.69) is 9.72 Å². The lowest BCUT2D eigenvalue weighted by atomic mass is 10.1. The molecule has 0 aliphatic heterocycles. The van der Waals surface area contributed by atoms with Gasteiger partial charge in [-0.3, -0.25) is 4.79 Å². The zero-order valence-corrected chi connectivity index (χ0v) is 10.8. The number of pyridine rings is 1. The fraction of sp³-hybridized carbons (Fsp3) is 0.250. The maximum atomic E-state index is 12.1. The van der Waals surface area contributed by atoms with Crippen molar-refractivity contribution in [1.82, 2.24) is 4.98 Å². The molecule has 6 heteroatoms. The first-order chi connectivity index (χ1) is 8.54. The minimum atomic E-state index is -1.28. The average Bonchev–Trinajstić information content (AvgIpc) is 2.78. The highest BCUT2D eigenvalue weighted by Gasteiger charge is 2.26. The molecule has 0 amide bonds. The van der Waals surface area contributed by atoms with Crippen LogP contribution in [0.5, 0.6) is 0 Å². The van der Waals surface area contributed by atoms with Gasteiger partial charge >= 0.3 is 5.97 Å². The predicted molar refractivity (Wildman–Crippen MR) is 68.7 cm³/mol. The van der Waals surface area contributed by atoms with Gasteiger partial charge in [-0.15, -0.1) is 11.3 Å². The van der Waals surface area contributed by atoms with Gasteiger partial charge in [-0.25, -0.2) is 9.78 Å². The summed E-state index contributed by atoms with van der Waals surface area (Å²) in [6.07, 6.45) is 0. The third-order valence-electron chi connectivity index (χ3n) is 2.58. The van der Waals surface area contributed by atoms with Crippen LogP contribution in [0.1, 0.15) is 16.1 Å². The van der Waals surface area contributed by atoms with E-state index in [1.807, 2.05) is 19.1 Å². The van der Waals surface area contributed by atoms with Crippen molar-refractivity contribution in [3.63, 3.8) is 0 Å². The highest BCUT2D eigenvalue weighted by atomic mass is 32.1. The molecule has 0 saturated carbocycles. The van der Waals surface area contributed by atoms with E-state index < -0.39 is 17.8 Å². The second-order valence-electron chi connectivity index (χ2n) is 3.82. The van der Waals surface area contributed by atoms with Crippen molar-refractivity contribution in [3.8, 4) is 0 Å². The molecule has 0 bridgehead atoms. The summed E-state index contributed by atoms with van der Waals surface area (Å²) in [7, 11) is 1.20. The number of nitrogens with zero attached hydrogens (tertiary/aromatic N) is 1. The van der Waals surface area contributed by atoms with Crippen LogP contribution in [0, 0.1) is 6.92 Å². The van der Waals surface area contributed by atoms with E-state index in [9.17, 15) is 9.59 Å². The number of carbonyl (C=O) groups is 2. The van der Waals surface area contributed by atoms with Gasteiger partial charge in [-0.2, -0.15) is 0 Å². The monoisotopic (exact) mass is 264 g/mol. The number of hydrogen-bond donors (Lipinski definition) is 1. The Hall–Kier alpha value is -1.79. The third-order valence-corrected chi connectivity index (χ3v) is 3.47. The lowest BCUT2D eigenvalue weighted by Crippen LogP contribution is -2.39. The van der Waals surface area contributed by atoms with Gasteiger partial charge in [0, 0.05) is 22.0 Å². The summed E-state index contributed by atoms with van der Waals surface area (Å²) in [5.74, 6) is -1.18. The molecule has 0 spiro atoms. The molecule has 1 atom stereocenters. The van der Waals surface area contributed by atoms with Crippen LogP contribution < -0.4 is 5.73 Å². The van der Waals surface area contributed by atoms with Gasteiger partial charge in [0.15, 0.2) is 11.8 Å². The van der Waals surface area contributed by atoms with Crippen molar-refractivity contribution >= 4 is 33.3 Å². The number of fused-ring (bicyclic) bond motifs is 1. The predicted octanol–water partition coefficient (Wildman–Crippen LogP) is 1.29. The van der Waals surface area contributed by atoms with Crippen LogP contribution in [0.15, 0.2) is 17.5 Å². The first-order valence-electron chi connectivity index (χ1n) is 5.27. The lowest BCUT2D eigenvalue weighted by molar-refractivity contribution is -0.140. The Balaban J connectivity index is 2.42. The Morgan fingerprint density at radius 3 is 2.83 bits per heavy atom. The van der Waals surface area contributed by atoms with Gasteiger partial charge in [0.25, 0.3) is 0 Å². The molecule has 94 valence electrons. The molecule has 0 aliphatic carbocycles. The molecule has 5 nitrogen and oxygen atoms in total. The number of aromatic nitrogens is 1. The molecule has 18 heavy (non-hydrogen) atoms. The summed E-state index contributed by atoms with van der Waals surface area (Å²) in [5, 5.41) is 2.39. The lowest BCUT2D eigenvalue weighted by Gasteiger charge is -2.07. The minimum absolute atomic E-state index is 0.417. The van der Waals surface area contributed by atoms with Crippen molar-refractivity contribution in [2.24, 2.45) is 5.73 Å². The molecule has 0 radical (unpaired) electrons. The van der Waals surface area contributed by atoms with Crippen molar-refractivity contribution in [3.05, 3.63) is 28.8 Å². The summed E-state index contributed by atoms with van der Waals surface area (Å²) >= 11 is 1.35. The van der Waals surface area contributed by atoms with E-state index >= 15 is 0 Å². The number of methoxy groups -OCH3 is 1. The molecule has 2 rings (SSSR count). The van der Waals surface area contributed by atoms with E-state index in [4.69, 9.17) is 5.73 Å². The molecule has 0 aliphatic rings. The fourth-order valence-corrected chi connectivity index (χ4v) is 2.57. The third kappa shape index (κ3) is 2.12. The highest BCUT2D eigenvalue weighted by Crippen LogP contribution is 2.25. The second kappa shape index (κ2) is 4.83. The summed E-state index contributed by atoms with van der Waals surface area (Å²) in [6.45, 7) is 1.88. The van der Waals surface area contributed by atoms with E-state index in [0.717, 1.165) is 15.9 Å². The maximum Gasteiger partial charge on any atom is 0.330 e. The highest BCUT2D eigenvalue weighted by molar-refractivity contribution is 7.17. The molecule has 2 aromatic heterocycles. The second-order valence-corrected chi connectivity index (χ2v) is 4.68. The van der Waals surface area contributed by atoms with Crippen molar-refractivity contribution < 1.29 is 14.3 Å². The molecule has 0 aromatic carbocycles. The van der Waals surface area contributed by atoms with Crippen molar-refractivity contribution in [1.29, 1.82) is 0 Å². The Labute approximate surface area is 108 Å². The van der Waals surface area contributed by atoms with Crippen LogP contribution in [0.4, 0.5) is 0 Å². The average molecular weight is 264 g/mol. The molecule has 2 aromatic rings. The molecular weight excluding hydrogens is 252 g/mol. The zero-order valence-electron chi connectivity index (χ0n) is 9.97. The van der Waals surface area contributed by atoms with E-state index in [-0.39, 0.29) is 0 Å². The molecule has 2 heterocycles. The largest absolute Gasteiger partial charge is 0.468 e. The number of ether oxygens (including phenoxy) is 1. The smallest absolute Gasteiger partial charge is 0.330 e. The van der Waals surface area contributed by atoms with Crippen LogP contribution in [0.25, 0.3) is 10.2 Å². The van der Waals surface area contributed by atoms with Gasteiger partial charge in [0.1, 0.15) is 4.83 Å². The topological polar surface area (TPSA) is 82.3 Å². The number of hydrogen-bond acceptors (Lipinski definition) is 6. The first kappa shape index (κ1) is 12.7. The Kier molecular flexibility index (Phi) is 3.40. The van der Waals surface area contributed by atoms with Crippen LogP contribution >= 0.6 is 11.3 Å². The number of carbonyl (C=O) groups excluding carboxylic acids is 2. The number of esters is 1. The molecule has 0 saturated heterocycles. The number of ketones is 1. The van der Waals surface area contributed by atoms with Gasteiger partial charge < -0.3 is 10.5 Å². The van der Waals surface area contributed by atoms with E-state index in [1.54, 1.807) is 5.38 Å². The van der Waals surface area contributed by atoms with Crippen LogP contribution in [-0.2, 0) is 9.53 Å². The van der Waals surface area contributed by atoms with E-state index in [0.29, 0.717) is 5.56 Å². The number of thiophene rings is 1. The fourth-order valence-electron chi connectivity index (χ4n) is 1.60. The number of aryl methyl sites for hydroxylation is 1. The van der Waals surface area contributed by atoms with Gasteiger partial charge in [-0.05, 0) is 19.1 Å². The van der Waals surface area contributed by atoms with Gasteiger partial charge in [-0.1, -0.05) is 0 Å². The number of Topliss-reactive ketones (excluding diaryl/α,β-unsaturated/α-hetero) is 1. The maximum absolute atomic E-state index is 12.1. The Morgan fingerprint density at radius 1 is 1.44 bits per heavy atom. The summed E-state index contributed by atoms with van der Waals surface area (Å²) in [5.41, 5.74) is 6.84. The van der Waals surface area contributed by atoms with Crippen LogP contribution in [0.3, 0.4) is 0 Å². The van der Waals surface area contributed by atoms with E-state index in [1.165, 1.54) is 18.4 Å². The molecule has 2 N–H and O–H groups in total. The molecular formula is C12H12N2O3S. The zero-order chi connectivity index (χ0) is 13.3. The summed E-state index contributed by atoms with van der Waals surface area (Å²) in [4.78, 5) is 28.4. The normalized spacial score (nSPS) is 12.4. The molecule has 1 unspecified atom stereocenters. The van der Waals surface area contributed by atoms with Gasteiger partial charge in [0.2, 0.25) is 0 Å². The van der Waals surface area contributed by atoms with Crippen LogP contribution in [0.2, 0.25) is 0 Å². The van der Waals surface area contributed by atoms with Crippen molar-refractivity contribution in [2.45, 2.75) is 13.0 Å². The summed E-state index contributed by atoms with van der Waals surface area (Å²) < 4.78 is 4.47. The summed E-state index contributed by atoms with van der Waals surface area (Å²) in [6, 6.07) is 2.34. The number of nitrogens with two attached hydrogens (primary N) is 1. The quantitative estimate of drug-likeness (QED) is 0.513. The minimum Gasteiger partial charge on any atom is -0.468 e. The van der Waals surface area contributed by atoms with Crippen molar-refractivity contribution in [2.75, 3.05) is 7.11 Å². The number of rotatable bonds is 3. The van der Waals surface area contributed by atoms with Gasteiger partial charge in [0.05, 0.1) is 7.11 Å². The Bertz CT molecular complexity index is 621. The van der Waals surface area contributed by atoms with Crippen LogP contribution in [-0.4, -0.2) is 29.9 Å².